The molecule has 8 heteroatoms. The molecule has 0 spiro atoms. The van der Waals surface area contributed by atoms with Crippen molar-refractivity contribution in [1.82, 2.24) is 0 Å². The Morgan fingerprint density at radius 3 is 1.81 bits per heavy atom. The predicted molar refractivity (Wildman–Crippen MR) is 37.3 cm³/mol. The maximum absolute atomic E-state index is 11.1. The largest absolute Gasteiger partial charge is 0.495 e. The topological polar surface area (TPSA) is 98.7 Å². The molecule has 1 aromatic rings. The Bertz CT molecular complexity index is 361. The minimum absolute atomic E-state index is 0.00188. The van der Waals surface area contributed by atoms with Crippen molar-refractivity contribution >= 4 is 11.9 Å². The van der Waals surface area contributed by atoms with Crippen LogP contribution in [-0.2, 0) is 8.58 Å². The average molecular weight is 267 g/mol. The number of hydrogen-bond donors (Lipinski definition) is 0. The summed E-state index contributed by atoms with van der Waals surface area (Å²) in [5.74, 6) is -1.80. The number of rotatable bonds is 4. The van der Waals surface area contributed by atoms with Crippen LogP contribution >= 0.6 is 0 Å². The van der Waals surface area contributed by atoms with Crippen molar-refractivity contribution in [3.63, 3.8) is 0 Å². The van der Waals surface area contributed by atoms with Crippen LogP contribution < -0.4 is 9.32 Å². The molecule has 1 aromatic carbocycles. The van der Waals surface area contributed by atoms with E-state index in [1.54, 1.807) is 0 Å². The van der Waals surface area contributed by atoms with Crippen molar-refractivity contribution in [1.29, 1.82) is 0 Å². The smallest absolute Gasteiger partial charge is 0.407 e. The molecule has 0 unspecified atom stereocenters. The molecule has 0 atom stereocenters. The number of halogens is 2. The highest BCUT2D eigenvalue weighted by atomic mass is 35.6. The Hall–Kier alpha value is -1.34. The summed E-state index contributed by atoms with van der Waals surface area (Å²) in [4.78, 5) is 22.2. The van der Waals surface area contributed by atoms with E-state index in [0.29, 0.717) is 0 Å². The fraction of sp³-hybridized carbons (Fsp3) is 0. The lowest BCUT2D eigenvalue weighted by atomic mass is 10.1. The zero-order valence-electron chi connectivity index (χ0n) is 7.51. The van der Waals surface area contributed by atoms with Crippen LogP contribution in [-0.4, -0.2) is 11.9 Å². The lowest BCUT2D eigenvalue weighted by Gasteiger charge is -1.97. The molecule has 0 saturated carbocycles. The van der Waals surface area contributed by atoms with Crippen LogP contribution in [0.1, 0.15) is 20.7 Å². The first-order valence-corrected chi connectivity index (χ1v) is 4.99. The second kappa shape index (κ2) is 6.29. The molecule has 0 N–H and O–H groups in total. The summed E-state index contributed by atoms with van der Waals surface area (Å²) >= 11 is 0.187. The Morgan fingerprint density at radius 2 is 1.44 bits per heavy atom. The molecule has 0 saturated heterocycles. The van der Waals surface area contributed by atoms with Crippen molar-refractivity contribution in [3.8, 4) is 0 Å². The van der Waals surface area contributed by atoms with Gasteiger partial charge in [-0.3, -0.25) is 0 Å². The average Bonchev–Trinajstić information content (AvgIpc) is 2.30. The third-order valence-corrected chi connectivity index (χ3v) is 1.94. The third kappa shape index (κ3) is 3.35. The maximum Gasteiger partial charge on any atom is 0.407 e. The van der Waals surface area contributed by atoms with Gasteiger partial charge in [0, 0.05) is 0 Å². The minimum atomic E-state index is -0.900. The Labute approximate surface area is 97.9 Å². The van der Waals surface area contributed by atoms with E-state index in [1.165, 1.54) is 18.2 Å². The van der Waals surface area contributed by atoms with Crippen LogP contribution in [0.5, 0.6) is 0 Å². The summed E-state index contributed by atoms with van der Waals surface area (Å²) in [5.41, 5.74) is 0.00376. The zero-order chi connectivity index (χ0) is 12.0. The van der Waals surface area contributed by atoms with Gasteiger partial charge in [-0.2, -0.15) is 8.58 Å². The van der Waals surface area contributed by atoms with E-state index in [9.17, 15) is 18.9 Å². The summed E-state index contributed by atoms with van der Waals surface area (Å²) in [7, 11) is 0. The fourth-order valence-electron chi connectivity index (χ4n) is 0.919. The van der Waals surface area contributed by atoms with Gasteiger partial charge in [-0.05, 0) is 18.2 Å². The molecule has 0 bridgehead atoms. The third-order valence-electron chi connectivity index (χ3n) is 1.54. The molecule has 0 aliphatic rings. The molecule has 0 heterocycles. The summed E-state index contributed by atoms with van der Waals surface area (Å²) in [6.07, 6.45) is 0. The van der Waals surface area contributed by atoms with E-state index in [1.807, 2.05) is 0 Å². The van der Waals surface area contributed by atoms with Gasteiger partial charge in [0.15, 0.2) is 0 Å². The number of benzene rings is 1. The Kier molecular flexibility index (Phi) is 5.00. The monoisotopic (exact) mass is 266 g/mol. The molecule has 0 aliphatic carbocycles. The van der Waals surface area contributed by atoms with Crippen LogP contribution in [0.3, 0.4) is 0 Å². The van der Waals surface area contributed by atoms with Crippen LogP contribution in [0.25, 0.3) is 0 Å². The van der Waals surface area contributed by atoms with E-state index in [0.717, 1.165) is 6.07 Å². The first-order chi connectivity index (χ1) is 7.69. The van der Waals surface area contributed by atoms with E-state index >= 15 is 0 Å². The predicted octanol–water partition coefficient (Wildman–Crippen LogP) is -1.45. The van der Waals surface area contributed by atoms with Crippen molar-refractivity contribution < 1.29 is 50.1 Å². The highest BCUT2D eigenvalue weighted by Gasteiger charge is 2.17. The van der Waals surface area contributed by atoms with Crippen LogP contribution in [0.2, 0.25) is 0 Å². The summed E-state index contributed by atoms with van der Waals surface area (Å²) in [6, 6.07) is 5.23. The highest BCUT2D eigenvalue weighted by Crippen LogP contribution is 2.08. The lowest BCUT2D eigenvalue weighted by Crippen LogP contribution is -2.14. The van der Waals surface area contributed by atoms with Crippen molar-refractivity contribution in [2.24, 2.45) is 0 Å². The van der Waals surface area contributed by atoms with Gasteiger partial charge >= 0.3 is 34.6 Å². The standard InChI is InChI=1S/C8H4Cl2O6/c11-7(15-9-13)5-2-1-3-6(4-5)8(12)16-10-14/h1-4H. The van der Waals surface area contributed by atoms with Gasteiger partial charge in [0.2, 0.25) is 0 Å². The van der Waals surface area contributed by atoms with Gasteiger partial charge in [0.05, 0.1) is 11.1 Å². The molecule has 6 nitrogen and oxygen atoms in total. The van der Waals surface area contributed by atoms with Gasteiger partial charge in [-0.1, -0.05) is 6.07 Å². The number of hydrogen-bond acceptors (Lipinski definition) is 6. The number of carbonyl (C=O) groups is 2. The molecule has 1 rings (SSSR count). The maximum atomic E-state index is 11.1. The van der Waals surface area contributed by atoms with Gasteiger partial charge < -0.3 is 9.32 Å². The number of carbonyl (C=O) groups excluding carboxylic acids is 2. The SMILES string of the molecule is O=C(O[Cl+][O-])c1cccc(C(=O)O[Cl+][O-])c1. The van der Waals surface area contributed by atoms with E-state index in [4.69, 9.17) is 0 Å². The Balaban J connectivity index is 2.86. The second-order valence-electron chi connectivity index (χ2n) is 2.44. The van der Waals surface area contributed by atoms with Crippen molar-refractivity contribution in [2.75, 3.05) is 0 Å². The normalized spacial score (nSPS) is 9.62. The first-order valence-electron chi connectivity index (χ1n) is 3.76. The first kappa shape index (κ1) is 12.7. The molecule has 86 valence electrons. The molecule has 0 amide bonds. The second-order valence-corrected chi connectivity index (χ2v) is 3.00. The van der Waals surface area contributed by atoms with Crippen molar-refractivity contribution in [3.05, 3.63) is 35.4 Å². The fourth-order valence-corrected chi connectivity index (χ4v) is 1.21. The molecule has 0 aromatic heterocycles. The molecular formula is C8H4Cl2O6. The molecule has 16 heavy (non-hydrogen) atoms. The van der Waals surface area contributed by atoms with E-state index in [2.05, 4.69) is 8.58 Å². The minimum Gasteiger partial charge on any atom is -0.495 e. The summed E-state index contributed by atoms with van der Waals surface area (Å²) in [6.45, 7) is 0. The molecule has 0 fully saturated rings. The van der Waals surface area contributed by atoms with Crippen molar-refractivity contribution in [2.45, 2.75) is 0 Å². The summed E-state index contributed by atoms with van der Waals surface area (Å²) in [5, 5.41) is 0. The Morgan fingerprint density at radius 1 is 1.00 bits per heavy atom. The quantitative estimate of drug-likeness (QED) is 0.661. The van der Waals surface area contributed by atoms with E-state index in [-0.39, 0.29) is 33.8 Å². The van der Waals surface area contributed by atoms with Crippen LogP contribution in [0.4, 0.5) is 0 Å². The van der Waals surface area contributed by atoms with E-state index < -0.39 is 11.9 Å². The lowest BCUT2D eigenvalue weighted by molar-refractivity contribution is -1.26. The van der Waals surface area contributed by atoms with Crippen LogP contribution in [0, 0.1) is 22.7 Å². The van der Waals surface area contributed by atoms with Gasteiger partial charge in [0.25, 0.3) is 0 Å². The summed E-state index contributed by atoms with van der Waals surface area (Å²) < 4.78 is 28.0. The van der Waals surface area contributed by atoms with Gasteiger partial charge in [0.1, 0.15) is 0 Å². The van der Waals surface area contributed by atoms with Gasteiger partial charge in [-0.15, -0.1) is 0 Å². The molecule has 0 aliphatic heterocycles. The van der Waals surface area contributed by atoms with Crippen LogP contribution in [0.15, 0.2) is 24.3 Å². The zero-order valence-corrected chi connectivity index (χ0v) is 9.03. The van der Waals surface area contributed by atoms with Gasteiger partial charge in [-0.25, -0.2) is 9.59 Å². The molecular weight excluding hydrogens is 263 g/mol. The molecule has 0 radical (unpaired) electrons. The highest BCUT2D eigenvalue weighted by molar-refractivity contribution is 5.94.